The number of cyclic esters (lactones) is 1. The van der Waals surface area contributed by atoms with Crippen LogP contribution in [0.4, 0.5) is 0 Å². The van der Waals surface area contributed by atoms with Gasteiger partial charge in [-0.1, -0.05) is 42.5 Å². The van der Waals surface area contributed by atoms with Crippen LogP contribution in [0.15, 0.2) is 42.5 Å². The number of aliphatic hydroxyl groups is 1. The summed E-state index contributed by atoms with van der Waals surface area (Å²) >= 11 is 1.66. The Kier molecular flexibility index (Phi) is 11.9. The van der Waals surface area contributed by atoms with Crippen LogP contribution in [0, 0.1) is 5.92 Å². The second-order valence-corrected chi connectivity index (χ2v) is 9.07. The van der Waals surface area contributed by atoms with Gasteiger partial charge in [0.05, 0.1) is 18.6 Å². The topological polar surface area (TPSA) is 105 Å². The molecular weight excluding hydrogens is 428 g/mol. The van der Waals surface area contributed by atoms with Crippen LogP contribution in [-0.4, -0.2) is 53.9 Å². The van der Waals surface area contributed by atoms with Gasteiger partial charge >= 0.3 is 5.97 Å². The lowest BCUT2D eigenvalue weighted by atomic mass is 9.98. The molecule has 7 nitrogen and oxygen atoms in total. The summed E-state index contributed by atoms with van der Waals surface area (Å²) < 4.78 is 5.40. The molecule has 0 aromatic heterocycles. The molecule has 1 aromatic carbocycles. The molecule has 1 aliphatic heterocycles. The molecule has 1 aliphatic rings. The van der Waals surface area contributed by atoms with Crippen molar-refractivity contribution in [2.24, 2.45) is 5.92 Å². The van der Waals surface area contributed by atoms with Gasteiger partial charge in [0.1, 0.15) is 6.61 Å². The highest BCUT2D eigenvalue weighted by Gasteiger charge is 2.25. The summed E-state index contributed by atoms with van der Waals surface area (Å²) in [5, 5.41) is 14.8. The molecule has 0 saturated heterocycles. The molecule has 2 rings (SSSR count). The number of thioether (sulfide) groups is 1. The zero-order chi connectivity index (χ0) is 23.2. The summed E-state index contributed by atoms with van der Waals surface area (Å²) in [6.45, 7) is 1.66. The number of rotatable bonds is 8. The van der Waals surface area contributed by atoms with Gasteiger partial charge in [-0.25, -0.2) is 0 Å². The summed E-state index contributed by atoms with van der Waals surface area (Å²) in [6.07, 6.45) is 6.04. The van der Waals surface area contributed by atoms with Crippen molar-refractivity contribution in [3.05, 3.63) is 48.0 Å². The number of hydrogen-bond acceptors (Lipinski definition) is 6. The third-order valence-electron chi connectivity index (χ3n) is 5.05. The molecule has 3 N–H and O–H groups in total. The Labute approximate surface area is 194 Å². The normalized spacial score (nSPS) is 21.3. The molecule has 0 saturated carbocycles. The molecule has 0 fully saturated rings. The number of carbonyl (C=O) groups excluding carboxylic acids is 3. The van der Waals surface area contributed by atoms with E-state index in [2.05, 4.69) is 10.6 Å². The summed E-state index contributed by atoms with van der Waals surface area (Å²) in [4.78, 5) is 37.3. The van der Waals surface area contributed by atoms with Crippen LogP contribution < -0.4 is 10.6 Å². The third kappa shape index (κ3) is 10.3. The summed E-state index contributed by atoms with van der Waals surface area (Å²) in [5.41, 5.74) is 1.18. The Morgan fingerprint density at radius 3 is 2.81 bits per heavy atom. The number of carbonyl (C=O) groups is 3. The summed E-state index contributed by atoms with van der Waals surface area (Å²) in [7, 11) is 0. The van der Waals surface area contributed by atoms with Crippen molar-refractivity contribution in [1.82, 2.24) is 10.6 Å². The number of nitrogens with one attached hydrogen (secondary N) is 2. The van der Waals surface area contributed by atoms with Crippen molar-refractivity contribution in [3.8, 4) is 0 Å². The zero-order valence-corrected chi connectivity index (χ0v) is 19.4. The molecule has 176 valence electrons. The smallest absolute Gasteiger partial charge is 0.305 e. The number of ether oxygens (including phenoxy) is 1. The van der Waals surface area contributed by atoms with Crippen molar-refractivity contribution in [2.75, 3.05) is 19.0 Å². The van der Waals surface area contributed by atoms with Gasteiger partial charge in [0.15, 0.2) is 0 Å². The van der Waals surface area contributed by atoms with E-state index in [1.165, 1.54) is 5.56 Å². The first kappa shape index (κ1) is 25.9. The van der Waals surface area contributed by atoms with E-state index < -0.39 is 5.92 Å². The molecule has 0 aliphatic carbocycles. The summed E-state index contributed by atoms with van der Waals surface area (Å²) in [5.74, 6) is 0.0703. The van der Waals surface area contributed by atoms with Gasteiger partial charge in [-0.05, 0) is 31.7 Å². The van der Waals surface area contributed by atoms with E-state index in [0.717, 1.165) is 5.75 Å². The first-order valence-electron chi connectivity index (χ1n) is 11.1. The fourth-order valence-electron chi connectivity index (χ4n) is 3.24. The van der Waals surface area contributed by atoms with Crippen molar-refractivity contribution in [1.29, 1.82) is 0 Å². The van der Waals surface area contributed by atoms with Gasteiger partial charge in [-0.2, -0.15) is 11.8 Å². The van der Waals surface area contributed by atoms with Crippen LogP contribution in [0.3, 0.4) is 0 Å². The Bertz CT molecular complexity index is 756. The second-order valence-electron chi connectivity index (χ2n) is 8.04. The average molecular weight is 463 g/mol. The van der Waals surface area contributed by atoms with E-state index in [1.54, 1.807) is 18.7 Å². The maximum absolute atomic E-state index is 13.0. The summed E-state index contributed by atoms with van der Waals surface area (Å²) in [6, 6.07) is 9.33. The monoisotopic (exact) mass is 462 g/mol. The molecule has 1 aromatic rings. The predicted octanol–water partition coefficient (Wildman–Crippen LogP) is 2.58. The van der Waals surface area contributed by atoms with Gasteiger partial charge in [-0.15, -0.1) is 0 Å². The van der Waals surface area contributed by atoms with Crippen LogP contribution in [0.25, 0.3) is 0 Å². The van der Waals surface area contributed by atoms with Crippen LogP contribution >= 0.6 is 11.8 Å². The number of allylic oxidation sites excluding steroid dienone is 2. The average Bonchev–Trinajstić information content (AvgIpc) is 2.79. The number of benzene rings is 1. The molecule has 0 spiro atoms. The molecule has 3 atom stereocenters. The first-order chi connectivity index (χ1) is 15.5. The molecule has 0 bridgehead atoms. The molecular formula is C24H34N2O5S. The molecule has 0 unspecified atom stereocenters. The van der Waals surface area contributed by atoms with E-state index >= 15 is 0 Å². The van der Waals surface area contributed by atoms with Crippen LogP contribution in [0.2, 0.25) is 0 Å². The largest absolute Gasteiger partial charge is 0.463 e. The van der Waals surface area contributed by atoms with Crippen molar-refractivity contribution >= 4 is 29.5 Å². The number of aliphatic hydroxyl groups excluding tert-OH is 1. The van der Waals surface area contributed by atoms with Gasteiger partial charge in [0.25, 0.3) is 0 Å². The van der Waals surface area contributed by atoms with E-state index in [0.29, 0.717) is 31.4 Å². The van der Waals surface area contributed by atoms with Gasteiger partial charge in [0, 0.05) is 30.4 Å². The fourth-order valence-corrected chi connectivity index (χ4v) is 4.25. The van der Waals surface area contributed by atoms with Gasteiger partial charge in [-0.3, -0.25) is 14.4 Å². The third-order valence-corrected chi connectivity index (χ3v) is 6.22. The lowest BCUT2D eigenvalue weighted by molar-refractivity contribution is -0.145. The van der Waals surface area contributed by atoms with E-state index in [-0.39, 0.29) is 49.5 Å². The SMILES string of the molecule is C[C@@H](CO)NC(=O)C[C@H]1CC=CCCCC(=O)OC[C@H](CSCc2ccccc2)NC1=O. The fraction of sp³-hybridized carbons (Fsp3) is 0.542. The van der Waals surface area contributed by atoms with E-state index in [4.69, 9.17) is 9.84 Å². The highest BCUT2D eigenvalue weighted by Crippen LogP contribution is 2.16. The van der Waals surface area contributed by atoms with E-state index in [1.807, 2.05) is 42.5 Å². The van der Waals surface area contributed by atoms with Crippen LogP contribution in [0.5, 0.6) is 0 Å². The minimum absolute atomic E-state index is 0.0319. The Morgan fingerprint density at radius 1 is 1.28 bits per heavy atom. The Hall–Kier alpha value is -2.32. The van der Waals surface area contributed by atoms with Crippen molar-refractivity contribution in [3.63, 3.8) is 0 Å². The number of hydrogen-bond donors (Lipinski definition) is 3. The van der Waals surface area contributed by atoms with Crippen LogP contribution in [0.1, 0.15) is 44.6 Å². The van der Waals surface area contributed by atoms with Gasteiger partial charge < -0.3 is 20.5 Å². The minimum atomic E-state index is -0.532. The maximum atomic E-state index is 13.0. The first-order valence-corrected chi connectivity index (χ1v) is 12.3. The second kappa shape index (κ2) is 14.7. The maximum Gasteiger partial charge on any atom is 0.305 e. The Balaban J connectivity index is 2.02. The predicted molar refractivity (Wildman–Crippen MR) is 126 cm³/mol. The number of amides is 2. The lowest BCUT2D eigenvalue weighted by Crippen LogP contribution is -2.45. The molecule has 0 radical (unpaired) electrons. The molecule has 8 heteroatoms. The highest BCUT2D eigenvalue weighted by molar-refractivity contribution is 7.98. The van der Waals surface area contributed by atoms with E-state index in [9.17, 15) is 14.4 Å². The Morgan fingerprint density at radius 2 is 2.06 bits per heavy atom. The zero-order valence-electron chi connectivity index (χ0n) is 18.6. The molecule has 32 heavy (non-hydrogen) atoms. The van der Waals surface area contributed by atoms with Crippen LogP contribution in [-0.2, 0) is 24.9 Å². The standard InChI is InChI=1S/C24H34N2O5S/c1-18(14-27)25-22(28)13-20-11-7-2-3-8-12-23(29)31-15-21(26-24(20)30)17-32-16-19-9-5-4-6-10-19/h2,4-7,9-10,18,20-21,27H,3,8,11-17H2,1H3,(H,25,28)(H,26,30)/t18-,20+,21+/m0/s1. The number of esters is 1. The highest BCUT2D eigenvalue weighted by atomic mass is 32.2. The van der Waals surface area contributed by atoms with Crippen molar-refractivity contribution < 1.29 is 24.2 Å². The minimum Gasteiger partial charge on any atom is -0.463 e. The lowest BCUT2D eigenvalue weighted by Gasteiger charge is -2.22. The van der Waals surface area contributed by atoms with Gasteiger partial charge in [0.2, 0.25) is 11.8 Å². The van der Waals surface area contributed by atoms with Crippen molar-refractivity contribution in [2.45, 2.75) is 56.9 Å². The molecule has 1 heterocycles. The quantitative estimate of drug-likeness (QED) is 0.405. The molecule has 2 amide bonds.